The summed E-state index contributed by atoms with van der Waals surface area (Å²) < 4.78 is 23.1. The third-order valence-electron chi connectivity index (χ3n) is 3.97. The van der Waals surface area contributed by atoms with Crippen LogP contribution in [0.15, 0.2) is 12.2 Å². The van der Waals surface area contributed by atoms with E-state index in [9.17, 15) is 0 Å². The van der Waals surface area contributed by atoms with Crippen molar-refractivity contribution in [2.75, 3.05) is 33.2 Å². The van der Waals surface area contributed by atoms with Gasteiger partial charge in [-0.25, -0.2) is 0 Å². The van der Waals surface area contributed by atoms with Crippen molar-refractivity contribution in [1.29, 1.82) is 0 Å². The van der Waals surface area contributed by atoms with Gasteiger partial charge in [-0.05, 0) is 6.42 Å². The van der Waals surface area contributed by atoms with Gasteiger partial charge in [-0.15, -0.1) is 0 Å². The molecule has 116 valence electrons. The predicted molar refractivity (Wildman–Crippen MR) is 77.3 cm³/mol. The fourth-order valence-electron chi connectivity index (χ4n) is 2.83. The van der Waals surface area contributed by atoms with Crippen LogP contribution < -0.4 is 0 Å². The zero-order valence-electron chi connectivity index (χ0n) is 12.8. The Morgan fingerprint density at radius 3 is 2.30 bits per heavy atom. The van der Waals surface area contributed by atoms with Gasteiger partial charge in [0.2, 0.25) is 0 Å². The molecule has 0 aromatic carbocycles. The van der Waals surface area contributed by atoms with Gasteiger partial charge in [0, 0.05) is 12.3 Å². The molecule has 4 nitrogen and oxygen atoms in total. The van der Waals surface area contributed by atoms with Crippen LogP contribution in [0.1, 0.15) is 39.5 Å². The van der Waals surface area contributed by atoms with Gasteiger partial charge in [-0.1, -0.05) is 38.8 Å². The Bertz CT molecular complexity index is 289. The number of allylic oxidation sites excluding steroid dienone is 1. The van der Waals surface area contributed by atoms with E-state index in [2.05, 4.69) is 26.0 Å². The lowest BCUT2D eigenvalue weighted by atomic mass is 9.93. The molecule has 0 N–H and O–H groups in total. The van der Waals surface area contributed by atoms with Crippen LogP contribution >= 0.6 is 0 Å². The van der Waals surface area contributed by atoms with Crippen molar-refractivity contribution in [3.63, 3.8) is 0 Å². The SMILES string of the molecule is CCCC=CC1COC(CCC)(C2COCOC2)OC1. The van der Waals surface area contributed by atoms with Crippen molar-refractivity contribution in [1.82, 2.24) is 0 Å². The van der Waals surface area contributed by atoms with Gasteiger partial charge >= 0.3 is 0 Å². The van der Waals surface area contributed by atoms with E-state index < -0.39 is 5.79 Å². The first-order chi connectivity index (χ1) is 9.80. The summed E-state index contributed by atoms with van der Waals surface area (Å²) in [6.07, 6.45) is 8.70. The predicted octanol–water partition coefficient (Wildman–Crippen LogP) is 3.12. The quantitative estimate of drug-likeness (QED) is 0.702. The molecule has 0 saturated carbocycles. The third-order valence-corrected chi connectivity index (χ3v) is 3.97. The van der Waals surface area contributed by atoms with Crippen LogP contribution in [0.2, 0.25) is 0 Å². The van der Waals surface area contributed by atoms with Gasteiger partial charge in [-0.2, -0.15) is 0 Å². The Hall–Kier alpha value is -0.420. The topological polar surface area (TPSA) is 36.9 Å². The van der Waals surface area contributed by atoms with E-state index in [1.807, 2.05) is 0 Å². The minimum atomic E-state index is -0.510. The summed E-state index contributed by atoms with van der Waals surface area (Å²) in [6.45, 7) is 7.53. The molecular formula is C16H28O4. The second-order valence-corrected chi connectivity index (χ2v) is 5.72. The van der Waals surface area contributed by atoms with Gasteiger partial charge < -0.3 is 18.9 Å². The lowest BCUT2D eigenvalue weighted by Crippen LogP contribution is -2.53. The van der Waals surface area contributed by atoms with Crippen molar-refractivity contribution in [2.24, 2.45) is 11.8 Å². The van der Waals surface area contributed by atoms with Crippen molar-refractivity contribution in [3.8, 4) is 0 Å². The standard InChI is InChI=1S/C16H28O4/c1-3-5-6-7-14-9-19-16(8-4-2,20-10-14)15-11-17-13-18-12-15/h6-7,14-15H,3-5,8-13H2,1-2H3. The average Bonchev–Trinajstić information content (AvgIpc) is 2.50. The Balaban J connectivity index is 1.91. The Labute approximate surface area is 122 Å². The number of unbranched alkanes of at least 4 members (excludes halogenated alkanes) is 1. The van der Waals surface area contributed by atoms with Crippen molar-refractivity contribution >= 4 is 0 Å². The fourth-order valence-corrected chi connectivity index (χ4v) is 2.83. The maximum absolute atomic E-state index is 6.16. The van der Waals surface area contributed by atoms with Gasteiger partial charge in [0.15, 0.2) is 5.79 Å². The van der Waals surface area contributed by atoms with E-state index in [1.165, 1.54) is 6.42 Å². The molecule has 2 saturated heterocycles. The van der Waals surface area contributed by atoms with Crippen LogP contribution in [0.3, 0.4) is 0 Å². The van der Waals surface area contributed by atoms with Crippen LogP contribution in [0.4, 0.5) is 0 Å². The smallest absolute Gasteiger partial charge is 0.175 e. The van der Waals surface area contributed by atoms with E-state index in [0.717, 1.165) is 32.5 Å². The first-order valence-electron chi connectivity index (χ1n) is 7.90. The molecule has 0 unspecified atom stereocenters. The maximum atomic E-state index is 6.16. The second kappa shape index (κ2) is 8.13. The summed E-state index contributed by atoms with van der Waals surface area (Å²) in [5.41, 5.74) is 0. The first kappa shape index (κ1) is 16.0. The van der Waals surface area contributed by atoms with E-state index in [1.54, 1.807) is 0 Å². The summed E-state index contributed by atoms with van der Waals surface area (Å²) in [7, 11) is 0. The average molecular weight is 284 g/mol. The molecule has 2 rings (SSSR count). The van der Waals surface area contributed by atoms with Gasteiger partial charge in [0.25, 0.3) is 0 Å². The highest BCUT2D eigenvalue weighted by molar-refractivity contribution is 4.92. The fraction of sp³-hybridized carbons (Fsp3) is 0.875. The second-order valence-electron chi connectivity index (χ2n) is 5.72. The normalized spacial score (nSPS) is 32.8. The molecule has 0 spiro atoms. The minimum absolute atomic E-state index is 0.178. The minimum Gasteiger partial charge on any atom is -0.355 e. The van der Waals surface area contributed by atoms with Gasteiger partial charge in [0.1, 0.15) is 6.79 Å². The van der Waals surface area contributed by atoms with E-state index in [4.69, 9.17) is 18.9 Å². The largest absolute Gasteiger partial charge is 0.355 e. The van der Waals surface area contributed by atoms with E-state index >= 15 is 0 Å². The molecule has 0 atom stereocenters. The number of hydrogen-bond acceptors (Lipinski definition) is 4. The highest BCUT2D eigenvalue weighted by Gasteiger charge is 2.44. The van der Waals surface area contributed by atoms with Gasteiger partial charge in [0.05, 0.1) is 32.3 Å². The first-order valence-corrected chi connectivity index (χ1v) is 7.90. The Kier molecular flexibility index (Phi) is 6.49. The van der Waals surface area contributed by atoms with Crippen molar-refractivity contribution < 1.29 is 18.9 Å². The highest BCUT2D eigenvalue weighted by Crippen LogP contribution is 2.35. The summed E-state index contributed by atoms with van der Waals surface area (Å²) in [6, 6.07) is 0. The summed E-state index contributed by atoms with van der Waals surface area (Å²) in [5.74, 6) is 0.0401. The van der Waals surface area contributed by atoms with E-state index in [-0.39, 0.29) is 5.92 Å². The van der Waals surface area contributed by atoms with Gasteiger partial charge in [-0.3, -0.25) is 0 Å². The molecule has 4 heteroatoms. The van der Waals surface area contributed by atoms with Crippen LogP contribution in [0, 0.1) is 11.8 Å². The summed E-state index contributed by atoms with van der Waals surface area (Å²) in [5, 5.41) is 0. The molecule has 0 aromatic rings. The lowest BCUT2D eigenvalue weighted by Gasteiger charge is -2.45. The van der Waals surface area contributed by atoms with E-state index in [0.29, 0.717) is 25.9 Å². The summed E-state index contributed by atoms with van der Waals surface area (Å²) >= 11 is 0. The number of ether oxygens (including phenoxy) is 4. The van der Waals surface area contributed by atoms with Crippen LogP contribution in [-0.2, 0) is 18.9 Å². The number of rotatable bonds is 6. The molecule has 2 heterocycles. The molecule has 20 heavy (non-hydrogen) atoms. The molecule has 0 radical (unpaired) electrons. The number of hydrogen-bond donors (Lipinski definition) is 0. The molecule has 2 fully saturated rings. The molecule has 0 amide bonds. The zero-order valence-corrected chi connectivity index (χ0v) is 12.8. The van der Waals surface area contributed by atoms with Crippen molar-refractivity contribution in [2.45, 2.75) is 45.3 Å². The molecule has 0 aliphatic carbocycles. The summed E-state index contributed by atoms with van der Waals surface area (Å²) in [4.78, 5) is 0. The molecule has 0 aromatic heterocycles. The molecule has 0 bridgehead atoms. The highest BCUT2D eigenvalue weighted by atomic mass is 16.7. The molecule has 2 aliphatic heterocycles. The third kappa shape index (κ3) is 4.04. The van der Waals surface area contributed by atoms with Crippen LogP contribution in [0.25, 0.3) is 0 Å². The zero-order chi connectivity index (χ0) is 14.3. The monoisotopic (exact) mass is 284 g/mol. The molecule has 2 aliphatic rings. The van der Waals surface area contributed by atoms with Crippen LogP contribution in [-0.4, -0.2) is 39.0 Å². The Morgan fingerprint density at radius 2 is 1.70 bits per heavy atom. The molecular weight excluding hydrogens is 256 g/mol. The lowest BCUT2D eigenvalue weighted by molar-refractivity contribution is -0.330. The maximum Gasteiger partial charge on any atom is 0.175 e. The van der Waals surface area contributed by atoms with Crippen molar-refractivity contribution in [3.05, 3.63) is 12.2 Å². The van der Waals surface area contributed by atoms with Crippen LogP contribution in [0.5, 0.6) is 0 Å². The Morgan fingerprint density at radius 1 is 1.00 bits per heavy atom.